The molecule has 0 aromatic heterocycles. The van der Waals surface area contributed by atoms with Crippen LogP contribution in [0.3, 0.4) is 0 Å². The van der Waals surface area contributed by atoms with E-state index < -0.39 is 17.7 Å². The van der Waals surface area contributed by atoms with Crippen molar-refractivity contribution in [1.82, 2.24) is 10.6 Å². The maximum Gasteiger partial charge on any atom is 0.408 e. The second-order valence-corrected chi connectivity index (χ2v) is 7.08. The molecule has 0 spiro atoms. The van der Waals surface area contributed by atoms with Crippen LogP contribution >= 0.6 is 0 Å². The summed E-state index contributed by atoms with van der Waals surface area (Å²) >= 11 is 0. The third-order valence-corrected chi connectivity index (χ3v) is 3.75. The minimum Gasteiger partial charge on any atom is -0.444 e. The summed E-state index contributed by atoms with van der Waals surface area (Å²) < 4.78 is 5.25. The van der Waals surface area contributed by atoms with Crippen LogP contribution in [0.1, 0.15) is 26.3 Å². The number of hydrogen-bond donors (Lipinski definition) is 2. The zero-order valence-corrected chi connectivity index (χ0v) is 15.7. The molecule has 0 heterocycles. The molecule has 0 aliphatic heterocycles. The molecule has 26 heavy (non-hydrogen) atoms. The van der Waals surface area contributed by atoms with Crippen LogP contribution in [0.5, 0.6) is 0 Å². The van der Waals surface area contributed by atoms with E-state index in [0.717, 1.165) is 16.7 Å². The molecule has 2 N–H and O–H groups in total. The van der Waals surface area contributed by atoms with E-state index in [2.05, 4.69) is 10.6 Å². The van der Waals surface area contributed by atoms with Crippen LogP contribution in [-0.4, -0.2) is 30.7 Å². The molecular weight excluding hydrogens is 328 g/mol. The highest BCUT2D eigenvalue weighted by atomic mass is 16.6. The molecule has 2 aromatic carbocycles. The third kappa shape index (κ3) is 5.92. The molecule has 0 fully saturated rings. The van der Waals surface area contributed by atoms with E-state index in [1.807, 2.05) is 54.6 Å². The number of amides is 2. The van der Waals surface area contributed by atoms with E-state index in [1.54, 1.807) is 27.8 Å². The van der Waals surface area contributed by atoms with E-state index >= 15 is 0 Å². The number of carbonyl (C=O) groups is 2. The summed E-state index contributed by atoms with van der Waals surface area (Å²) in [6.07, 6.45) is -0.222. The van der Waals surface area contributed by atoms with E-state index in [0.29, 0.717) is 6.42 Å². The fraction of sp³-hybridized carbons (Fsp3) is 0.333. The second-order valence-electron chi connectivity index (χ2n) is 7.08. The molecular formula is C21H26N2O3. The lowest BCUT2D eigenvalue weighted by Gasteiger charge is -2.23. The first-order valence-corrected chi connectivity index (χ1v) is 8.64. The van der Waals surface area contributed by atoms with Crippen LogP contribution in [0.2, 0.25) is 0 Å². The summed E-state index contributed by atoms with van der Waals surface area (Å²) in [6.45, 7) is 5.34. The Labute approximate surface area is 154 Å². The van der Waals surface area contributed by atoms with Gasteiger partial charge < -0.3 is 15.4 Å². The lowest BCUT2D eigenvalue weighted by atomic mass is 10.0. The third-order valence-electron chi connectivity index (χ3n) is 3.75. The monoisotopic (exact) mass is 354 g/mol. The van der Waals surface area contributed by atoms with Gasteiger partial charge in [-0.15, -0.1) is 0 Å². The SMILES string of the molecule is CNC(=O)C(Cc1ccc(-c2ccccc2)cc1)NC(=O)OC(C)(C)C. The van der Waals surface area contributed by atoms with Crippen molar-refractivity contribution in [2.75, 3.05) is 7.05 Å². The number of rotatable bonds is 5. The van der Waals surface area contributed by atoms with E-state index in [4.69, 9.17) is 4.74 Å². The zero-order valence-electron chi connectivity index (χ0n) is 15.7. The van der Waals surface area contributed by atoms with Gasteiger partial charge in [0.1, 0.15) is 11.6 Å². The topological polar surface area (TPSA) is 67.4 Å². The predicted octanol–water partition coefficient (Wildman–Crippen LogP) is 3.54. The van der Waals surface area contributed by atoms with Crippen LogP contribution in [0, 0.1) is 0 Å². The molecule has 2 aromatic rings. The average molecular weight is 354 g/mol. The lowest BCUT2D eigenvalue weighted by Crippen LogP contribution is -2.48. The molecule has 5 nitrogen and oxygen atoms in total. The van der Waals surface area contributed by atoms with Gasteiger partial charge in [0, 0.05) is 13.5 Å². The van der Waals surface area contributed by atoms with Gasteiger partial charge in [-0.25, -0.2) is 4.79 Å². The Balaban J connectivity index is 2.08. The van der Waals surface area contributed by atoms with Crippen molar-refractivity contribution in [2.45, 2.75) is 38.8 Å². The molecule has 5 heteroatoms. The van der Waals surface area contributed by atoms with Crippen LogP contribution in [0.25, 0.3) is 11.1 Å². The quantitative estimate of drug-likeness (QED) is 0.863. The maximum atomic E-state index is 12.1. The van der Waals surface area contributed by atoms with E-state index in [-0.39, 0.29) is 5.91 Å². The first kappa shape index (κ1) is 19.5. The fourth-order valence-electron chi connectivity index (χ4n) is 2.53. The van der Waals surface area contributed by atoms with Gasteiger partial charge in [0.15, 0.2) is 0 Å². The largest absolute Gasteiger partial charge is 0.444 e. The highest BCUT2D eigenvalue weighted by Crippen LogP contribution is 2.19. The van der Waals surface area contributed by atoms with Crippen molar-refractivity contribution in [3.63, 3.8) is 0 Å². The molecule has 2 amide bonds. The lowest BCUT2D eigenvalue weighted by molar-refractivity contribution is -0.122. The smallest absolute Gasteiger partial charge is 0.408 e. The Hall–Kier alpha value is -2.82. The number of carbonyl (C=O) groups excluding carboxylic acids is 2. The van der Waals surface area contributed by atoms with Gasteiger partial charge in [-0.1, -0.05) is 54.6 Å². The average Bonchev–Trinajstić information content (AvgIpc) is 2.60. The van der Waals surface area contributed by atoms with Crippen LogP contribution in [0.15, 0.2) is 54.6 Å². The first-order valence-electron chi connectivity index (χ1n) is 8.64. The van der Waals surface area contributed by atoms with Gasteiger partial charge in [0.25, 0.3) is 0 Å². The second kappa shape index (κ2) is 8.52. The van der Waals surface area contributed by atoms with Crippen LogP contribution in [0.4, 0.5) is 4.79 Å². The normalized spacial score (nSPS) is 12.2. The predicted molar refractivity (Wildman–Crippen MR) is 103 cm³/mol. The number of benzene rings is 2. The number of alkyl carbamates (subject to hydrolysis) is 1. The molecule has 138 valence electrons. The highest BCUT2D eigenvalue weighted by Gasteiger charge is 2.24. The molecule has 0 aliphatic rings. The highest BCUT2D eigenvalue weighted by molar-refractivity contribution is 5.85. The first-order chi connectivity index (χ1) is 12.3. The van der Waals surface area contributed by atoms with E-state index in [1.165, 1.54) is 0 Å². The molecule has 0 saturated heterocycles. The van der Waals surface area contributed by atoms with Crippen molar-refractivity contribution in [3.05, 3.63) is 60.2 Å². The Bertz CT molecular complexity index is 734. The van der Waals surface area contributed by atoms with Crippen LogP contribution in [-0.2, 0) is 16.0 Å². The van der Waals surface area contributed by atoms with Gasteiger partial charge in [-0.3, -0.25) is 4.79 Å². The van der Waals surface area contributed by atoms with Crippen molar-refractivity contribution in [1.29, 1.82) is 0 Å². The summed E-state index contributed by atoms with van der Waals surface area (Å²) in [7, 11) is 1.55. The standard InChI is InChI=1S/C21H26N2O3/c1-21(2,3)26-20(25)23-18(19(24)22-4)14-15-10-12-17(13-11-15)16-8-6-5-7-9-16/h5-13,18H,14H2,1-4H3,(H,22,24)(H,23,25). The minimum absolute atomic E-state index is 0.261. The van der Waals surface area contributed by atoms with Gasteiger partial charge in [0.2, 0.25) is 5.91 Å². The summed E-state index contributed by atoms with van der Waals surface area (Å²) in [5.74, 6) is -0.261. The Morgan fingerprint density at radius 3 is 2.08 bits per heavy atom. The van der Waals surface area contributed by atoms with E-state index in [9.17, 15) is 9.59 Å². The number of hydrogen-bond acceptors (Lipinski definition) is 3. The minimum atomic E-state index is -0.697. The van der Waals surface area contributed by atoms with Crippen molar-refractivity contribution in [2.24, 2.45) is 0 Å². The van der Waals surface area contributed by atoms with Crippen molar-refractivity contribution >= 4 is 12.0 Å². The van der Waals surface area contributed by atoms with Crippen molar-refractivity contribution < 1.29 is 14.3 Å². The fourth-order valence-corrected chi connectivity index (χ4v) is 2.53. The number of ether oxygens (including phenoxy) is 1. The molecule has 1 unspecified atom stereocenters. The van der Waals surface area contributed by atoms with Crippen LogP contribution < -0.4 is 10.6 Å². The molecule has 0 radical (unpaired) electrons. The summed E-state index contributed by atoms with van der Waals surface area (Å²) in [6, 6.07) is 17.3. The van der Waals surface area contributed by atoms with Crippen molar-refractivity contribution in [3.8, 4) is 11.1 Å². The molecule has 1 atom stereocenters. The summed E-state index contributed by atoms with van der Waals surface area (Å²) in [4.78, 5) is 24.1. The molecule has 0 aliphatic carbocycles. The summed E-state index contributed by atoms with van der Waals surface area (Å²) in [5, 5.41) is 5.23. The number of nitrogens with one attached hydrogen (secondary N) is 2. The van der Waals surface area contributed by atoms with Gasteiger partial charge in [-0.05, 0) is 37.5 Å². The Kier molecular flexibility index (Phi) is 6.39. The maximum absolute atomic E-state index is 12.1. The zero-order chi connectivity index (χ0) is 19.2. The Morgan fingerprint density at radius 2 is 1.54 bits per heavy atom. The van der Waals surface area contributed by atoms with Gasteiger partial charge in [0.05, 0.1) is 0 Å². The molecule has 2 rings (SSSR count). The summed E-state index contributed by atoms with van der Waals surface area (Å²) in [5.41, 5.74) is 2.57. The van der Waals surface area contributed by atoms with Gasteiger partial charge >= 0.3 is 6.09 Å². The molecule has 0 bridgehead atoms. The van der Waals surface area contributed by atoms with Gasteiger partial charge in [-0.2, -0.15) is 0 Å². The molecule has 0 saturated carbocycles. The Morgan fingerprint density at radius 1 is 0.962 bits per heavy atom. The number of likely N-dealkylation sites (N-methyl/N-ethyl adjacent to an activating group) is 1.